The number of rotatable bonds is 3. The Kier molecular flexibility index (Phi) is 3.50. The molecule has 0 saturated heterocycles. The van der Waals surface area contributed by atoms with Crippen LogP contribution in [0.15, 0.2) is 30.9 Å². The molecule has 1 saturated carbocycles. The average molecular weight is 296 g/mol. The zero-order valence-electron chi connectivity index (χ0n) is 10.5. The van der Waals surface area contributed by atoms with Gasteiger partial charge in [-0.2, -0.15) is 5.10 Å². The first-order chi connectivity index (χ1) is 9.20. The van der Waals surface area contributed by atoms with E-state index in [1.165, 1.54) is 18.4 Å². The van der Waals surface area contributed by atoms with Crippen LogP contribution in [-0.4, -0.2) is 14.8 Å². The lowest BCUT2D eigenvalue weighted by atomic mass is 9.79. The second kappa shape index (κ2) is 5.14. The van der Waals surface area contributed by atoms with Gasteiger partial charge < -0.3 is 0 Å². The highest BCUT2D eigenvalue weighted by molar-refractivity contribution is 6.35. The molecule has 2 aromatic rings. The topological polar surface area (TPSA) is 30.7 Å². The van der Waals surface area contributed by atoms with Crippen LogP contribution in [0.25, 0.3) is 0 Å². The van der Waals surface area contributed by atoms with Crippen molar-refractivity contribution < 1.29 is 0 Å². The van der Waals surface area contributed by atoms with Crippen LogP contribution in [-0.2, 0) is 12.0 Å². The van der Waals surface area contributed by atoms with Crippen molar-refractivity contribution in [3.05, 3.63) is 46.5 Å². The van der Waals surface area contributed by atoms with Crippen LogP contribution >= 0.6 is 23.2 Å². The third kappa shape index (κ3) is 2.49. The Morgan fingerprint density at radius 1 is 1.21 bits per heavy atom. The summed E-state index contributed by atoms with van der Waals surface area (Å²) >= 11 is 12.4. The van der Waals surface area contributed by atoms with Crippen molar-refractivity contribution in [3.63, 3.8) is 0 Å². The first-order valence-corrected chi connectivity index (χ1v) is 7.23. The summed E-state index contributed by atoms with van der Waals surface area (Å²) in [6.07, 6.45) is 8.07. The summed E-state index contributed by atoms with van der Waals surface area (Å²) in [5, 5.41) is 5.68. The summed E-state index contributed by atoms with van der Waals surface area (Å²) < 4.78 is 1.90. The van der Waals surface area contributed by atoms with Crippen LogP contribution in [0.3, 0.4) is 0 Å². The maximum atomic E-state index is 6.41. The fourth-order valence-electron chi connectivity index (χ4n) is 3.11. The Balaban J connectivity index is 2.00. The summed E-state index contributed by atoms with van der Waals surface area (Å²) in [5.74, 6) is 0. The lowest BCUT2D eigenvalue weighted by Crippen LogP contribution is -2.29. The molecule has 5 heteroatoms. The molecular formula is C14H15Cl2N3. The van der Waals surface area contributed by atoms with Crippen molar-refractivity contribution in [2.24, 2.45) is 0 Å². The SMILES string of the molecule is Clc1ccc(C2(Cn3cncn3)CCCC2)c(Cl)c1. The molecule has 3 rings (SSSR count). The minimum absolute atomic E-state index is 0.0649. The largest absolute Gasteiger partial charge is 0.252 e. The van der Waals surface area contributed by atoms with Gasteiger partial charge in [0.1, 0.15) is 12.7 Å². The quantitative estimate of drug-likeness (QED) is 0.854. The standard InChI is InChI=1S/C14H15Cl2N3/c15-11-3-4-12(13(16)7-11)14(5-1-2-6-14)8-19-10-17-9-18-19/h3-4,7,9-10H,1-2,5-6,8H2. The fraction of sp³-hybridized carbons (Fsp3) is 0.429. The molecule has 1 aromatic carbocycles. The Morgan fingerprint density at radius 2 is 2.00 bits per heavy atom. The monoisotopic (exact) mass is 295 g/mol. The van der Waals surface area contributed by atoms with E-state index in [4.69, 9.17) is 23.2 Å². The third-order valence-electron chi connectivity index (χ3n) is 3.99. The van der Waals surface area contributed by atoms with Gasteiger partial charge >= 0.3 is 0 Å². The molecule has 0 N–H and O–H groups in total. The molecular weight excluding hydrogens is 281 g/mol. The molecule has 3 nitrogen and oxygen atoms in total. The Labute approximate surface area is 122 Å². The molecule has 0 atom stereocenters. The van der Waals surface area contributed by atoms with E-state index < -0.39 is 0 Å². The van der Waals surface area contributed by atoms with E-state index >= 15 is 0 Å². The van der Waals surface area contributed by atoms with Gasteiger partial charge in [-0.15, -0.1) is 0 Å². The highest BCUT2D eigenvalue weighted by Gasteiger charge is 2.37. The van der Waals surface area contributed by atoms with Crippen LogP contribution in [0, 0.1) is 0 Å². The summed E-state index contributed by atoms with van der Waals surface area (Å²) in [6.45, 7) is 0.828. The molecule has 0 spiro atoms. The van der Waals surface area contributed by atoms with Crippen molar-refractivity contribution in [1.29, 1.82) is 0 Å². The summed E-state index contributed by atoms with van der Waals surface area (Å²) in [7, 11) is 0. The molecule has 100 valence electrons. The van der Waals surface area contributed by atoms with E-state index in [0.29, 0.717) is 5.02 Å². The third-order valence-corrected chi connectivity index (χ3v) is 4.54. The predicted molar refractivity (Wildman–Crippen MR) is 76.6 cm³/mol. The maximum Gasteiger partial charge on any atom is 0.137 e. The lowest BCUT2D eigenvalue weighted by molar-refractivity contribution is 0.352. The van der Waals surface area contributed by atoms with Gasteiger partial charge in [0.15, 0.2) is 0 Å². The molecule has 1 aliphatic carbocycles. The molecule has 19 heavy (non-hydrogen) atoms. The number of hydrogen-bond acceptors (Lipinski definition) is 2. The van der Waals surface area contributed by atoms with Gasteiger partial charge in [0, 0.05) is 15.5 Å². The van der Waals surface area contributed by atoms with E-state index in [-0.39, 0.29) is 5.41 Å². The van der Waals surface area contributed by atoms with Gasteiger partial charge in [0.25, 0.3) is 0 Å². The van der Waals surface area contributed by atoms with Crippen molar-refractivity contribution in [3.8, 4) is 0 Å². The minimum Gasteiger partial charge on any atom is -0.252 e. The number of hydrogen-bond donors (Lipinski definition) is 0. The van der Waals surface area contributed by atoms with Crippen molar-refractivity contribution >= 4 is 23.2 Å². The Hall–Kier alpha value is -1.06. The molecule has 1 aromatic heterocycles. The van der Waals surface area contributed by atoms with Crippen LogP contribution in [0.2, 0.25) is 10.0 Å². The number of benzene rings is 1. The molecule has 0 bridgehead atoms. The predicted octanol–water partition coefficient (Wildman–Crippen LogP) is 4.10. The maximum absolute atomic E-state index is 6.41. The fourth-order valence-corrected chi connectivity index (χ4v) is 3.72. The number of halogens is 2. The average Bonchev–Trinajstić information content (AvgIpc) is 3.02. The number of aromatic nitrogens is 3. The Bertz CT molecular complexity index is 560. The van der Waals surface area contributed by atoms with Crippen molar-refractivity contribution in [2.45, 2.75) is 37.6 Å². The zero-order chi connectivity index (χ0) is 13.3. The first kappa shape index (κ1) is 12.9. The van der Waals surface area contributed by atoms with Crippen LogP contribution < -0.4 is 0 Å². The molecule has 1 heterocycles. The van der Waals surface area contributed by atoms with Crippen molar-refractivity contribution in [1.82, 2.24) is 14.8 Å². The smallest absolute Gasteiger partial charge is 0.137 e. The lowest BCUT2D eigenvalue weighted by Gasteiger charge is -2.30. The van der Waals surface area contributed by atoms with Crippen LogP contribution in [0.5, 0.6) is 0 Å². The summed E-state index contributed by atoms with van der Waals surface area (Å²) in [4.78, 5) is 4.02. The van der Waals surface area contributed by atoms with Gasteiger partial charge in [-0.3, -0.25) is 4.68 Å². The van der Waals surface area contributed by atoms with Crippen LogP contribution in [0.4, 0.5) is 0 Å². The molecule has 0 unspecified atom stereocenters. The molecule has 0 aliphatic heterocycles. The van der Waals surface area contributed by atoms with E-state index in [0.717, 1.165) is 24.4 Å². The molecule has 0 amide bonds. The second-order valence-electron chi connectivity index (χ2n) is 5.20. The van der Waals surface area contributed by atoms with E-state index in [2.05, 4.69) is 16.1 Å². The van der Waals surface area contributed by atoms with Gasteiger partial charge in [-0.25, -0.2) is 4.98 Å². The van der Waals surface area contributed by atoms with E-state index in [1.54, 1.807) is 12.7 Å². The second-order valence-corrected chi connectivity index (χ2v) is 6.05. The van der Waals surface area contributed by atoms with E-state index in [9.17, 15) is 0 Å². The highest BCUT2D eigenvalue weighted by atomic mass is 35.5. The zero-order valence-corrected chi connectivity index (χ0v) is 12.0. The van der Waals surface area contributed by atoms with Gasteiger partial charge in [-0.05, 0) is 30.5 Å². The first-order valence-electron chi connectivity index (χ1n) is 6.48. The molecule has 0 radical (unpaired) electrons. The van der Waals surface area contributed by atoms with E-state index in [1.807, 2.05) is 16.8 Å². The van der Waals surface area contributed by atoms with Gasteiger partial charge in [0.2, 0.25) is 0 Å². The summed E-state index contributed by atoms with van der Waals surface area (Å²) in [5.41, 5.74) is 1.25. The molecule has 1 fully saturated rings. The van der Waals surface area contributed by atoms with Crippen LogP contribution in [0.1, 0.15) is 31.2 Å². The molecule has 1 aliphatic rings. The minimum atomic E-state index is 0.0649. The summed E-state index contributed by atoms with van der Waals surface area (Å²) in [6, 6.07) is 5.82. The Morgan fingerprint density at radius 3 is 2.63 bits per heavy atom. The van der Waals surface area contributed by atoms with Crippen molar-refractivity contribution in [2.75, 3.05) is 0 Å². The normalized spacial score (nSPS) is 17.8. The van der Waals surface area contributed by atoms with Gasteiger partial charge in [0.05, 0.1) is 6.54 Å². The highest BCUT2D eigenvalue weighted by Crippen LogP contribution is 2.45. The van der Waals surface area contributed by atoms with Gasteiger partial charge in [-0.1, -0.05) is 42.1 Å². The number of nitrogens with zero attached hydrogens (tertiary/aromatic N) is 3.